The van der Waals surface area contributed by atoms with E-state index < -0.39 is 29.2 Å². The van der Waals surface area contributed by atoms with Crippen molar-refractivity contribution in [1.82, 2.24) is 10.3 Å². The highest BCUT2D eigenvalue weighted by Gasteiger charge is 2.28. The Balaban J connectivity index is 1.71. The maximum atomic E-state index is 14.8. The molecule has 4 N–H and O–H groups in total. The Morgan fingerprint density at radius 2 is 1.85 bits per heavy atom. The molecule has 0 saturated heterocycles. The van der Waals surface area contributed by atoms with Gasteiger partial charge in [0.25, 0.3) is 5.91 Å². The Morgan fingerprint density at radius 1 is 1.15 bits per heavy atom. The van der Waals surface area contributed by atoms with Gasteiger partial charge in [0, 0.05) is 37.0 Å². The molecule has 0 aliphatic rings. The van der Waals surface area contributed by atoms with Gasteiger partial charge in [-0.3, -0.25) is 15.2 Å². The SMILES string of the molecule is CCOC(C(=O)NCc1ccc(C(=N)N)cc1)c1c(F)cc(OCc2ccccn2)cc1F. The van der Waals surface area contributed by atoms with Crippen LogP contribution < -0.4 is 15.8 Å². The lowest BCUT2D eigenvalue weighted by molar-refractivity contribution is -0.133. The largest absolute Gasteiger partial charge is 0.487 e. The minimum absolute atomic E-state index is 0.0272. The molecular formula is C24H24F2N4O3. The lowest BCUT2D eigenvalue weighted by Crippen LogP contribution is -2.31. The third kappa shape index (κ3) is 6.33. The number of rotatable bonds is 10. The third-order valence-corrected chi connectivity index (χ3v) is 4.73. The van der Waals surface area contributed by atoms with Crippen molar-refractivity contribution in [2.75, 3.05) is 6.61 Å². The fourth-order valence-corrected chi connectivity index (χ4v) is 3.08. The predicted octanol–water partition coefficient (Wildman–Crippen LogP) is 3.62. The molecule has 3 aromatic rings. The summed E-state index contributed by atoms with van der Waals surface area (Å²) in [7, 11) is 0. The molecule has 7 nitrogen and oxygen atoms in total. The minimum atomic E-state index is -1.48. The fraction of sp³-hybridized carbons (Fsp3) is 0.208. The van der Waals surface area contributed by atoms with Gasteiger partial charge < -0.3 is 20.5 Å². The fourth-order valence-electron chi connectivity index (χ4n) is 3.08. The van der Waals surface area contributed by atoms with E-state index in [-0.39, 0.29) is 31.3 Å². The van der Waals surface area contributed by atoms with E-state index >= 15 is 0 Å². The van der Waals surface area contributed by atoms with E-state index in [4.69, 9.17) is 20.6 Å². The zero-order valence-corrected chi connectivity index (χ0v) is 18.0. The highest BCUT2D eigenvalue weighted by atomic mass is 19.1. The zero-order valence-electron chi connectivity index (χ0n) is 18.0. The topological polar surface area (TPSA) is 110 Å². The number of carbonyl (C=O) groups is 1. The predicted molar refractivity (Wildman–Crippen MR) is 119 cm³/mol. The van der Waals surface area contributed by atoms with Gasteiger partial charge in [0.2, 0.25) is 0 Å². The summed E-state index contributed by atoms with van der Waals surface area (Å²) >= 11 is 0. The summed E-state index contributed by atoms with van der Waals surface area (Å²) in [5.41, 5.74) is 6.81. The number of hydrogen-bond donors (Lipinski definition) is 3. The number of ether oxygens (including phenoxy) is 2. The lowest BCUT2D eigenvalue weighted by Gasteiger charge is -2.19. The van der Waals surface area contributed by atoms with Crippen molar-refractivity contribution < 1.29 is 23.0 Å². The summed E-state index contributed by atoms with van der Waals surface area (Å²) in [6.07, 6.45) is 0.114. The van der Waals surface area contributed by atoms with Gasteiger partial charge in [-0.05, 0) is 24.6 Å². The van der Waals surface area contributed by atoms with Gasteiger partial charge in [-0.15, -0.1) is 0 Å². The van der Waals surface area contributed by atoms with Crippen LogP contribution in [-0.2, 0) is 22.7 Å². The van der Waals surface area contributed by atoms with Gasteiger partial charge in [0.15, 0.2) is 6.10 Å². The van der Waals surface area contributed by atoms with Gasteiger partial charge in [-0.25, -0.2) is 8.78 Å². The Morgan fingerprint density at radius 3 is 2.42 bits per heavy atom. The van der Waals surface area contributed by atoms with Gasteiger partial charge in [0.05, 0.1) is 11.3 Å². The number of hydrogen-bond acceptors (Lipinski definition) is 5. The first-order valence-corrected chi connectivity index (χ1v) is 10.2. The summed E-state index contributed by atoms with van der Waals surface area (Å²) < 4.78 is 40.5. The number of nitrogen functional groups attached to an aromatic ring is 1. The molecule has 1 amide bonds. The normalized spacial score (nSPS) is 11.6. The second-order valence-corrected chi connectivity index (χ2v) is 7.07. The van der Waals surface area contributed by atoms with E-state index in [0.717, 1.165) is 17.7 Å². The molecule has 2 aromatic carbocycles. The molecule has 0 fully saturated rings. The van der Waals surface area contributed by atoms with Crippen LogP contribution >= 0.6 is 0 Å². The van der Waals surface area contributed by atoms with E-state index in [1.54, 1.807) is 55.6 Å². The number of pyridine rings is 1. The van der Waals surface area contributed by atoms with E-state index in [1.807, 2.05) is 0 Å². The van der Waals surface area contributed by atoms with Crippen molar-refractivity contribution in [3.05, 3.63) is 94.8 Å². The average molecular weight is 454 g/mol. The van der Waals surface area contributed by atoms with Gasteiger partial charge in [0.1, 0.15) is 29.8 Å². The van der Waals surface area contributed by atoms with Gasteiger partial charge in [-0.1, -0.05) is 30.3 Å². The molecule has 1 atom stereocenters. The standard InChI is InChI=1S/C24H24F2N4O3/c1-2-32-22(24(31)30-13-15-6-8-16(9-7-15)23(27)28)21-19(25)11-18(12-20(21)26)33-14-17-5-3-4-10-29-17/h3-12,22H,2,13-14H2,1H3,(H3,27,28)(H,30,31). The maximum Gasteiger partial charge on any atom is 0.254 e. The number of nitrogens with two attached hydrogens (primary N) is 1. The van der Waals surface area contributed by atoms with Crippen molar-refractivity contribution in [2.24, 2.45) is 5.73 Å². The average Bonchev–Trinajstić information content (AvgIpc) is 2.81. The van der Waals surface area contributed by atoms with Crippen LogP contribution in [0, 0.1) is 17.0 Å². The highest BCUT2D eigenvalue weighted by Crippen LogP contribution is 2.29. The number of benzene rings is 2. The monoisotopic (exact) mass is 454 g/mol. The van der Waals surface area contributed by atoms with Crippen LogP contribution in [0.15, 0.2) is 60.8 Å². The van der Waals surface area contributed by atoms with Crippen molar-refractivity contribution in [3.8, 4) is 5.75 Å². The second kappa shape index (κ2) is 11.1. The summed E-state index contributed by atoms with van der Waals surface area (Å²) in [6.45, 7) is 1.84. The highest BCUT2D eigenvalue weighted by molar-refractivity contribution is 5.94. The van der Waals surface area contributed by atoms with Crippen LogP contribution in [0.1, 0.15) is 35.4 Å². The quantitative estimate of drug-likeness (QED) is 0.320. The number of nitrogens with zero attached hydrogens (tertiary/aromatic N) is 1. The molecule has 172 valence electrons. The summed E-state index contributed by atoms with van der Waals surface area (Å²) in [4.78, 5) is 16.8. The second-order valence-electron chi connectivity index (χ2n) is 7.07. The summed E-state index contributed by atoms with van der Waals surface area (Å²) in [5, 5.41) is 10.0. The zero-order chi connectivity index (χ0) is 23.8. The van der Waals surface area contributed by atoms with Crippen LogP contribution in [0.4, 0.5) is 8.78 Å². The van der Waals surface area contributed by atoms with Crippen molar-refractivity contribution in [2.45, 2.75) is 26.2 Å². The number of nitrogens with one attached hydrogen (secondary N) is 2. The molecule has 0 radical (unpaired) electrons. The van der Waals surface area contributed by atoms with Crippen LogP contribution in [0.2, 0.25) is 0 Å². The molecule has 1 unspecified atom stereocenters. The lowest BCUT2D eigenvalue weighted by atomic mass is 10.1. The van der Waals surface area contributed by atoms with Gasteiger partial charge in [-0.2, -0.15) is 0 Å². The Kier molecular flexibility index (Phi) is 8.04. The first-order valence-electron chi connectivity index (χ1n) is 10.2. The van der Waals surface area contributed by atoms with Crippen LogP contribution in [-0.4, -0.2) is 23.3 Å². The molecule has 0 aliphatic heterocycles. The summed E-state index contributed by atoms with van der Waals surface area (Å²) in [5.74, 6) is -2.69. The third-order valence-electron chi connectivity index (χ3n) is 4.73. The molecule has 9 heteroatoms. The Hall–Kier alpha value is -3.85. The molecule has 1 aromatic heterocycles. The van der Waals surface area contributed by atoms with Crippen LogP contribution in [0.5, 0.6) is 5.75 Å². The van der Waals surface area contributed by atoms with Gasteiger partial charge >= 0.3 is 0 Å². The Bertz CT molecular complexity index is 1090. The minimum Gasteiger partial charge on any atom is -0.487 e. The van der Waals surface area contributed by atoms with E-state index in [9.17, 15) is 13.6 Å². The van der Waals surface area contributed by atoms with Crippen LogP contribution in [0.3, 0.4) is 0 Å². The Labute approximate surface area is 190 Å². The smallest absolute Gasteiger partial charge is 0.254 e. The summed E-state index contributed by atoms with van der Waals surface area (Å²) in [6, 6.07) is 14.0. The first-order chi connectivity index (χ1) is 15.9. The number of amides is 1. The molecule has 1 heterocycles. The first kappa shape index (κ1) is 23.8. The molecular weight excluding hydrogens is 430 g/mol. The number of carbonyl (C=O) groups excluding carboxylic acids is 1. The van der Waals surface area contributed by atoms with Crippen molar-refractivity contribution in [3.63, 3.8) is 0 Å². The molecule has 0 bridgehead atoms. The molecule has 3 rings (SSSR count). The molecule has 33 heavy (non-hydrogen) atoms. The molecule has 0 aliphatic carbocycles. The van der Waals surface area contributed by atoms with Crippen molar-refractivity contribution >= 4 is 11.7 Å². The van der Waals surface area contributed by atoms with E-state index in [2.05, 4.69) is 10.3 Å². The van der Waals surface area contributed by atoms with Crippen molar-refractivity contribution in [1.29, 1.82) is 5.41 Å². The van der Waals surface area contributed by atoms with Crippen LogP contribution in [0.25, 0.3) is 0 Å². The molecule has 0 spiro atoms. The van der Waals surface area contributed by atoms with E-state index in [0.29, 0.717) is 11.3 Å². The number of halogens is 2. The van der Waals surface area contributed by atoms with E-state index in [1.165, 1.54) is 0 Å². The maximum absolute atomic E-state index is 14.8. The molecule has 0 saturated carbocycles. The number of aromatic nitrogens is 1. The number of amidine groups is 1.